The van der Waals surface area contributed by atoms with Crippen molar-refractivity contribution in [3.63, 3.8) is 0 Å². The minimum Gasteiger partial charge on any atom is -0.375 e. The lowest BCUT2D eigenvalue weighted by atomic mass is 9.80. The average Bonchev–Trinajstić information content (AvgIpc) is 2.62. The van der Waals surface area contributed by atoms with Gasteiger partial charge in [-0.3, -0.25) is 0 Å². The van der Waals surface area contributed by atoms with E-state index in [0.29, 0.717) is 16.5 Å². The Labute approximate surface area is 125 Å². The van der Waals surface area contributed by atoms with Crippen LogP contribution in [0, 0.1) is 17.7 Å². The van der Waals surface area contributed by atoms with Crippen LogP contribution < -0.4 is 5.32 Å². The van der Waals surface area contributed by atoms with Crippen LogP contribution in [0.5, 0.6) is 0 Å². The van der Waals surface area contributed by atoms with Crippen LogP contribution in [0.25, 0.3) is 0 Å². The first-order chi connectivity index (χ1) is 9.45. The van der Waals surface area contributed by atoms with E-state index in [2.05, 4.69) is 26.1 Å². The predicted molar refractivity (Wildman–Crippen MR) is 80.5 cm³/mol. The van der Waals surface area contributed by atoms with Gasteiger partial charge < -0.3 is 10.1 Å². The van der Waals surface area contributed by atoms with E-state index < -0.39 is 0 Å². The molecular formula is C16H23ClFNO. The minimum atomic E-state index is -0.248. The van der Waals surface area contributed by atoms with Crippen LogP contribution in [0.2, 0.25) is 5.02 Å². The Morgan fingerprint density at radius 2 is 2.00 bits per heavy atom. The van der Waals surface area contributed by atoms with Crippen LogP contribution in [-0.2, 0) is 4.74 Å². The zero-order valence-electron chi connectivity index (χ0n) is 12.5. The highest BCUT2D eigenvalue weighted by Crippen LogP contribution is 2.41. The van der Waals surface area contributed by atoms with Crippen molar-refractivity contribution in [3.8, 4) is 0 Å². The van der Waals surface area contributed by atoms with E-state index in [4.69, 9.17) is 16.3 Å². The van der Waals surface area contributed by atoms with E-state index in [-0.39, 0.29) is 30.0 Å². The summed E-state index contributed by atoms with van der Waals surface area (Å²) in [7, 11) is 0. The normalized spacial score (nSPS) is 31.5. The molecule has 0 amide bonds. The quantitative estimate of drug-likeness (QED) is 0.900. The number of ether oxygens (including phenoxy) is 1. The summed E-state index contributed by atoms with van der Waals surface area (Å²) in [5, 5.41) is 3.85. The highest BCUT2D eigenvalue weighted by atomic mass is 35.5. The molecule has 2 nitrogen and oxygen atoms in total. The fraction of sp³-hybridized carbons (Fsp3) is 0.625. The Bertz CT molecular complexity index is 468. The zero-order valence-corrected chi connectivity index (χ0v) is 13.2. The molecule has 2 rings (SSSR count). The summed E-state index contributed by atoms with van der Waals surface area (Å²) in [6.07, 6.45) is 0.311. The Balaban J connectivity index is 2.35. The molecule has 1 N–H and O–H groups in total. The van der Waals surface area contributed by atoms with Crippen LogP contribution in [0.15, 0.2) is 18.2 Å². The van der Waals surface area contributed by atoms with Crippen molar-refractivity contribution in [3.05, 3.63) is 34.6 Å². The van der Waals surface area contributed by atoms with Gasteiger partial charge in [-0.2, -0.15) is 0 Å². The molecule has 112 valence electrons. The van der Waals surface area contributed by atoms with Crippen molar-refractivity contribution in [2.24, 2.45) is 11.8 Å². The lowest BCUT2D eigenvalue weighted by Gasteiger charge is -2.30. The van der Waals surface area contributed by atoms with Gasteiger partial charge in [0.15, 0.2) is 0 Å². The molecule has 1 heterocycles. The summed E-state index contributed by atoms with van der Waals surface area (Å²) < 4.78 is 20.2. The third-order valence-electron chi connectivity index (χ3n) is 4.43. The maximum Gasteiger partial charge on any atom is 0.129 e. The molecule has 1 aromatic rings. The third-order valence-corrected chi connectivity index (χ3v) is 4.66. The van der Waals surface area contributed by atoms with Crippen molar-refractivity contribution in [2.45, 2.75) is 45.9 Å². The number of hydrogen-bond donors (Lipinski definition) is 1. The van der Waals surface area contributed by atoms with Crippen LogP contribution >= 0.6 is 11.6 Å². The smallest absolute Gasteiger partial charge is 0.129 e. The molecule has 0 bridgehead atoms. The van der Waals surface area contributed by atoms with Crippen LogP contribution in [0.1, 0.15) is 39.3 Å². The SMILES string of the molecule is CCNC(c1ccc(Cl)cc1F)C1C(C)OC(C)C1C. The topological polar surface area (TPSA) is 21.3 Å². The van der Waals surface area contributed by atoms with Gasteiger partial charge in [0.25, 0.3) is 0 Å². The molecule has 1 aliphatic heterocycles. The number of benzene rings is 1. The molecule has 4 heteroatoms. The summed E-state index contributed by atoms with van der Waals surface area (Å²) >= 11 is 5.85. The monoisotopic (exact) mass is 299 g/mol. The maximum atomic E-state index is 14.3. The maximum absolute atomic E-state index is 14.3. The lowest BCUT2D eigenvalue weighted by Crippen LogP contribution is -2.35. The first-order valence-corrected chi connectivity index (χ1v) is 7.67. The lowest BCUT2D eigenvalue weighted by molar-refractivity contribution is 0.0474. The molecule has 1 saturated heterocycles. The van der Waals surface area contributed by atoms with Crippen LogP contribution in [-0.4, -0.2) is 18.8 Å². The van der Waals surface area contributed by atoms with Crippen molar-refractivity contribution in [1.82, 2.24) is 5.32 Å². The molecule has 1 aromatic carbocycles. The highest BCUT2D eigenvalue weighted by Gasteiger charge is 2.42. The Kier molecular flexibility index (Phi) is 5.05. The molecule has 0 spiro atoms. The van der Waals surface area contributed by atoms with Gasteiger partial charge in [-0.25, -0.2) is 4.39 Å². The number of rotatable bonds is 4. The predicted octanol–water partition coefficient (Wildman–Crippen LogP) is 4.19. The third kappa shape index (κ3) is 3.00. The largest absolute Gasteiger partial charge is 0.375 e. The van der Waals surface area contributed by atoms with Gasteiger partial charge in [0, 0.05) is 22.5 Å². The number of hydrogen-bond acceptors (Lipinski definition) is 2. The van der Waals surface area contributed by atoms with Crippen LogP contribution in [0.4, 0.5) is 4.39 Å². The Morgan fingerprint density at radius 3 is 2.50 bits per heavy atom. The van der Waals surface area contributed by atoms with E-state index >= 15 is 0 Å². The van der Waals surface area contributed by atoms with E-state index in [0.717, 1.165) is 6.54 Å². The zero-order chi connectivity index (χ0) is 14.9. The molecule has 1 fully saturated rings. The summed E-state index contributed by atoms with van der Waals surface area (Å²) in [6.45, 7) is 9.16. The molecule has 0 aromatic heterocycles. The van der Waals surface area contributed by atoms with E-state index in [1.165, 1.54) is 6.07 Å². The van der Waals surface area contributed by atoms with Gasteiger partial charge in [0.2, 0.25) is 0 Å². The first kappa shape index (κ1) is 15.7. The summed E-state index contributed by atoms with van der Waals surface area (Å²) in [6, 6.07) is 4.87. The second-order valence-electron chi connectivity index (χ2n) is 5.68. The highest BCUT2D eigenvalue weighted by molar-refractivity contribution is 6.30. The average molecular weight is 300 g/mol. The van der Waals surface area contributed by atoms with Gasteiger partial charge in [-0.1, -0.05) is 31.5 Å². The van der Waals surface area contributed by atoms with Gasteiger partial charge >= 0.3 is 0 Å². The Morgan fingerprint density at radius 1 is 1.30 bits per heavy atom. The van der Waals surface area contributed by atoms with Gasteiger partial charge in [0.1, 0.15) is 5.82 Å². The van der Waals surface area contributed by atoms with Crippen molar-refractivity contribution in [2.75, 3.05) is 6.54 Å². The first-order valence-electron chi connectivity index (χ1n) is 7.29. The Hall–Kier alpha value is -0.640. The molecule has 0 radical (unpaired) electrons. The summed E-state index contributed by atoms with van der Waals surface area (Å²) in [4.78, 5) is 0. The standard InChI is InChI=1S/C16H23ClFNO/c1-5-19-16(13-7-6-12(17)8-14(13)18)15-9(2)10(3)20-11(15)4/h6-11,15-16,19H,5H2,1-4H3. The second-order valence-corrected chi connectivity index (χ2v) is 6.12. The van der Waals surface area contributed by atoms with E-state index in [1.54, 1.807) is 12.1 Å². The van der Waals surface area contributed by atoms with Gasteiger partial charge in [0.05, 0.1) is 12.2 Å². The summed E-state index contributed by atoms with van der Waals surface area (Å²) in [5.74, 6) is 0.382. The van der Waals surface area contributed by atoms with E-state index in [9.17, 15) is 4.39 Å². The molecule has 1 aliphatic rings. The molecule has 20 heavy (non-hydrogen) atoms. The van der Waals surface area contributed by atoms with Crippen LogP contribution in [0.3, 0.4) is 0 Å². The fourth-order valence-electron chi connectivity index (χ4n) is 3.30. The number of halogens is 2. The molecule has 5 atom stereocenters. The second kappa shape index (κ2) is 6.42. The molecule has 5 unspecified atom stereocenters. The van der Waals surface area contributed by atoms with Crippen molar-refractivity contribution >= 4 is 11.6 Å². The van der Waals surface area contributed by atoms with Gasteiger partial charge in [-0.05, 0) is 38.4 Å². The summed E-state index contributed by atoms with van der Waals surface area (Å²) in [5.41, 5.74) is 0.678. The van der Waals surface area contributed by atoms with Crippen molar-refractivity contribution in [1.29, 1.82) is 0 Å². The van der Waals surface area contributed by atoms with Crippen molar-refractivity contribution < 1.29 is 9.13 Å². The van der Waals surface area contributed by atoms with Gasteiger partial charge in [-0.15, -0.1) is 0 Å². The number of nitrogens with one attached hydrogen (secondary N) is 1. The molecule has 0 aliphatic carbocycles. The minimum absolute atomic E-state index is 0.0489. The van der Waals surface area contributed by atoms with E-state index in [1.807, 2.05) is 6.92 Å². The molecule has 0 saturated carbocycles. The molecular weight excluding hydrogens is 277 g/mol. The fourth-order valence-corrected chi connectivity index (χ4v) is 3.45.